The van der Waals surface area contributed by atoms with Gasteiger partial charge in [0.05, 0.1) is 18.5 Å². The number of ether oxygens (including phenoxy) is 1. The van der Waals surface area contributed by atoms with E-state index in [1.165, 1.54) is 22.9 Å². The highest BCUT2D eigenvalue weighted by Gasteiger charge is 2.28. The molecule has 3 aromatic rings. The quantitative estimate of drug-likeness (QED) is 0.597. The summed E-state index contributed by atoms with van der Waals surface area (Å²) in [5.41, 5.74) is 7.55. The van der Waals surface area contributed by atoms with Crippen molar-refractivity contribution in [2.45, 2.75) is 39.0 Å². The number of rotatable bonds is 1. The average molecular weight is 360 g/mol. The summed E-state index contributed by atoms with van der Waals surface area (Å²) in [6.07, 6.45) is 1.35. The van der Waals surface area contributed by atoms with Gasteiger partial charge in [0.15, 0.2) is 0 Å². The molecular formula is C23H24N2O2. The average Bonchev–Trinajstić information content (AvgIpc) is 3.07. The smallest absolute Gasteiger partial charge is 0.435 e. The van der Waals surface area contributed by atoms with Gasteiger partial charge in [0.2, 0.25) is 0 Å². The van der Waals surface area contributed by atoms with Crippen molar-refractivity contribution >= 4 is 6.09 Å². The molecule has 0 atom stereocenters. The zero-order valence-corrected chi connectivity index (χ0v) is 16.2. The molecule has 0 radical (unpaired) electrons. The van der Waals surface area contributed by atoms with Gasteiger partial charge in [-0.2, -0.15) is 9.78 Å². The largest absolute Gasteiger partial charge is 0.451 e. The van der Waals surface area contributed by atoms with E-state index in [0.29, 0.717) is 0 Å². The van der Waals surface area contributed by atoms with Crippen molar-refractivity contribution in [2.24, 2.45) is 0 Å². The number of hydrogen-bond acceptors (Lipinski definition) is 3. The second-order valence-electron chi connectivity index (χ2n) is 8.04. The van der Waals surface area contributed by atoms with Crippen LogP contribution in [0, 0.1) is 0 Å². The Kier molecular flexibility index (Phi) is 4.14. The summed E-state index contributed by atoms with van der Waals surface area (Å²) in [5.74, 6) is 0. The molecule has 0 aliphatic heterocycles. The highest BCUT2D eigenvalue weighted by molar-refractivity contribution is 5.85. The SMILES string of the molecule is COC(=O)n1nc2c(c1-c1ccc(C(C)(C)C)cc1)CCc1ccccc1-2. The lowest BCUT2D eigenvalue weighted by atomic mass is 9.85. The van der Waals surface area contributed by atoms with Gasteiger partial charge in [-0.3, -0.25) is 0 Å². The van der Waals surface area contributed by atoms with Crippen LogP contribution in [0.2, 0.25) is 0 Å². The lowest BCUT2D eigenvalue weighted by Crippen LogP contribution is -2.15. The fraction of sp³-hybridized carbons (Fsp3) is 0.304. The fourth-order valence-corrected chi connectivity index (χ4v) is 3.78. The van der Waals surface area contributed by atoms with Crippen LogP contribution >= 0.6 is 0 Å². The first-order valence-corrected chi connectivity index (χ1v) is 9.29. The molecule has 4 heteroatoms. The molecule has 138 valence electrons. The number of aryl methyl sites for hydroxylation is 1. The molecule has 27 heavy (non-hydrogen) atoms. The maximum Gasteiger partial charge on any atom is 0.435 e. The van der Waals surface area contributed by atoms with Crippen molar-refractivity contribution in [3.05, 3.63) is 65.2 Å². The minimum Gasteiger partial charge on any atom is -0.451 e. The monoisotopic (exact) mass is 360 g/mol. The van der Waals surface area contributed by atoms with Crippen LogP contribution in [0.15, 0.2) is 48.5 Å². The van der Waals surface area contributed by atoms with Crippen LogP contribution in [0.5, 0.6) is 0 Å². The molecule has 0 saturated carbocycles. The second kappa shape index (κ2) is 6.38. The van der Waals surface area contributed by atoms with Gasteiger partial charge in [-0.15, -0.1) is 0 Å². The van der Waals surface area contributed by atoms with E-state index in [4.69, 9.17) is 4.74 Å². The van der Waals surface area contributed by atoms with Gasteiger partial charge in [-0.05, 0) is 29.4 Å². The summed E-state index contributed by atoms with van der Waals surface area (Å²) < 4.78 is 6.42. The van der Waals surface area contributed by atoms with Crippen LogP contribution in [0.3, 0.4) is 0 Å². The van der Waals surface area contributed by atoms with Crippen molar-refractivity contribution in [1.82, 2.24) is 9.78 Å². The highest BCUT2D eigenvalue weighted by Crippen LogP contribution is 2.39. The number of nitrogens with zero attached hydrogens (tertiary/aromatic N) is 2. The number of carbonyl (C=O) groups excluding carboxylic acids is 1. The molecule has 0 fully saturated rings. The Morgan fingerprint density at radius 3 is 2.41 bits per heavy atom. The van der Waals surface area contributed by atoms with Gasteiger partial charge in [-0.25, -0.2) is 4.79 Å². The zero-order chi connectivity index (χ0) is 19.2. The van der Waals surface area contributed by atoms with Crippen LogP contribution in [-0.2, 0) is 23.0 Å². The molecule has 4 nitrogen and oxygen atoms in total. The molecule has 0 saturated heterocycles. The molecule has 4 rings (SSSR count). The third kappa shape index (κ3) is 2.95. The Hall–Kier alpha value is -2.88. The van der Waals surface area contributed by atoms with E-state index in [2.05, 4.69) is 62.3 Å². The van der Waals surface area contributed by atoms with Gasteiger partial charge in [0, 0.05) is 16.7 Å². The first-order valence-electron chi connectivity index (χ1n) is 9.29. The number of hydrogen-bond donors (Lipinski definition) is 0. The molecule has 0 spiro atoms. The predicted molar refractivity (Wildman–Crippen MR) is 107 cm³/mol. The predicted octanol–water partition coefficient (Wildman–Crippen LogP) is 5.23. The summed E-state index contributed by atoms with van der Waals surface area (Å²) in [7, 11) is 1.39. The summed E-state index contributed by atoms with van der Waals surface area (Å²) in [6.45, 7) is 6.58. The summed E-state index contributed by atoms with van der Waals surface area (Å²) in [5, 5.41) is 4.65. The first-order chi connectivity index (χ1) is 12.9. The lowest BCUT2D eigenvalue weighted by Gasteiger charge is -2.20. The fourth-order valence-electron chi connectivity index (χ4n) is 3.78. The molecule has 0 amide bonds. The van der Waals surface area contributed by atoms with E-state index in [9.17, 15) is 4.79 Å². The van der Waals surface area contributed by atoms with Crippen molar-refractivity contribution in [1.29, 1.82) is 0 Å². The number of methoxy groups -OCH3 is 1. The van der Waals surface area contributed by atoms with Gasteiger partial charge in [0.1, 0.15) is 0 Å². The van der Waals surface area contributed by atoms with Gasteiger partial charge in [0.25, 0.3) is 0 Å². The Labute approximate surface area is 159 Å². The van der Waals surface area contributed by atoms with Crippen LogP contribution < -0.4 is 0 Å². The number of fused-ring (bicyclic) bond motifs is 3. The lowest BCUT2D eigenvalue weighted by molar-refractivity contribution is 0.169. The maximum atomic E-state index is 12.4. The Morgan fingerprint density at radius 2 is 1.74 bits per heavy atom. The van der Waals surface area contributed by atoms with Crippen molar-refractivity contribution in [3.63, 3.8) is 0 Å². The number of carbonyl (C=O) groups is 1. The third-order valence-electron chi connectivity index (χ3n) is 5.27. The standard InChI is InChI=1S/C23H24N2O2/c1-23(2,3)17-12-9-16(10-13-17)21-19-14-11-15-7-5-6-8-18(15)20(19)24-25(21)22(26)27-4/h5-10,12-13H,11,14H2,1-4H3. The molecule has 0 bridgehead atoms. The van der Waals surface area contributed by atoms with Crippen molar-refractivity contribution < 1.29 is 9.53 Å². The molecular weight excluding hydrogens is 336 g/mol. The maximum absolute atomic E-state index is 12.4. The zero-order valence-electron chi connectivity index (χ0n) is 16.2. The molecule has 1 aliphatic carbocycles. The normalized spacial score (nSPS) is 13.0. The number of benzene rings is 2. The second-order valence-corrected chi connectivity index (χ2v) is 8.04. The van der Waals surface area contributed by atoms with E-state index in [1.54, 1.807) is 0 Å². The summed E-state index contributed by atoms with van der Waals surface area (Å²) in [6, 6.07) is 16.7. The molecule has 1 aliphatic rings. The van der Waals surface area contributed by atoms with Gasteiger partial charge in [-0.1, -0.05) is 69.3 Å². The molecule has 0 unspecified atom stereocenters. The highest BCUT2D eigenvalue weighted by atomic mass is 16.5. The molecule has 2 aromatic carbocycles. The third-order valence-corrected chi connectivity index (χ3v) is 5.27. The van der Waals surface area contributed by atoms with Crippen LogP contribution in [0.1, 0.15) is 37.5 Å². The van der Waals surface area contributed by atoms with Crippen LogP contribution in [0.25, 0.3) is 22.5 Å². The Balaban J connectivity index is 1.91. The van der Waals surface area contributed by atoms with Crippen LogP contribution in [0.4, 0.5) is 4.79 Å². The van der Waals surface area contributed by atoms with E-state index >= 15 is 0 Å². The van der Waals surface area contributed by atoms with Gasteiger partial charge >= 0.3 is 6.09 Å². The molecule has 1 heterocycles. The van der Waals surface area contributed by atoms with E-state index in [-0.39, 0.29) is 5.41 Å². The summed E-state index contributed by atoms with van der Waals surface area (Å²) >= 11 is 0. The van der Waals surface area contributed by atoms with E-state index < -0.39 is 6.09 Å². The van der Waals surface area contributed by atoms with Crippen molar-refractivity contribution in [2.75, 3.05) is 7.11 Å². The minimum atomic E-state index is -0.461. The van der Waals surface area contributed by atoms with E-state index in [0.717, 1.165) is 40.9 Å². The van der Waals surface area contributed by atoms with Crippen molar-refractivity contribution in [3.8, 4) is 22.5 Å². The minimum absolute atomic E-state index is 0.0828. The Bertz CT molecular complexity index is 1010. The van der Waals surface area contributed by atoms with Crippen LogP contribution in [-0.4, -0.2) is 23.0 Å². The van der Waals surface area contributed by atoms with E-state index in [1.807, 2.05) is 12.1 Å². The topological polar surface area (TPSA) is 44.1 Å². The summed E-state index contributed by atoms with van der Waals surface area (Å²) in [4.78, 5) is 12.4. The Morgan fingerprint density at radius 1 is 1.04 bits per heavy atom. The number of aromatic nitrogens is 2. The molecule has 1 aromatic heterocycles. The van der Waals surface area contributed by atoms with Gasteiger partial charge < -0.3 is 4.74 Å². The first kappa shape index (κ1) is 17.5. The molecule has 0 N–H and O–H groups in total.